The maximum Gasteiger partial charge on any atom is 0.150 e. The summed E-state index contributed by atoms with van der Waals surface area (Å²) in [6.45, 7) is 2.16. The van der Waals surface area contributed by atoms with Gasteiger partial charge in [0.15, 0.2) is 0 Å². The van der Waals surface area contributed by atoms with Gasteiger partial charge in [0.05, 0.1) is 0 Å². The third-order valence-corrected chi connectivity index (χ3v) is 3.68. The van der Waals surface area contributed by atoms with E-state index >= 15 is 0 Å². The molecule has 2 nitrogen and oxygen atoms in total. The molecule has 0 saturated heterocycles. The molecule has 18 heavy (non-hydrogen) atoms. The number of carbonyl (C=O) groups excluding carboxylic acids is 1. The minimum absolute atomic E-state index is 0.157. The lowest BCUT2D eigenvalue weighted by Gasteiger charge is -2.31. The summed E-state index contributed by atoms with van der Waals surface area (Å²) in [6, 6.07) is 4.18. The number of benzene rings is 1. The molecule has 0 radical (unpaired) electrons. The smallest absolute Gasteiger partial charge is 0.150 e. The van der Waals surface area contributed by atoms with Crippen molar-refractivity contribution in [2.24, 2.45) is 5.92 Å². The molecule has 3 heteroatoms. The first-order valence-electron chi connectivity index (χ1n) is 6.65. The Labute approximate surface area is 107 Å². The van der Waals surface area contributed by atoms with Crippen molar-refractivity contribution in [3.05, 3.63) is 29.6 Å². The molecule has 0 heterocycles. The second kappa shape index (κ2) is 5.98. The van der Waals surface area contributed by atoms with Crippen LogP contribution in [-0.4, -0.2) is 12.4 Å². The maximum atomic E-state index is 13.3. The molecule has 1 aromatic rings. The Balaban J connectivity index is 2.12. The number of rotatable bonds is 4. The third-order valence-electron chi connectivity index (χ3n) is 3.68. The van der Waals surface area contributed by atoms with Crippen LogP contribution in [0.2, 0.25) is 0 Å². The van der Waals surface area contributed by atoms with E-state index in [1.165, 1.54) is 25.0 Å². The Morgan fingerprint density at radius 1 is 1.33 bits per heavy atom. The lowest BCUT2D eigenvalue weighted by Crippen LogP contribution is -2.29. The zero-order chi connectivity index (χ0) is 13.0. The van der Waals surface area contributed by atoms with Gasteiger partial charge in [-0.05, 0) is 43.7 Å². The van der Waals surface area contributed by atoms with Crippen molar-refractivity contribution in [2.45, 2.75) is 45.1 Å². The van der Waals surface area contributed by atoms with Gasteiger partial charge in [0.25, 0.3) is 0 Å². The van der Waals surface area contributed by atoms with Crippen molar-refractivity contribution in [1.29, 1.82) is 0 Å². The van der Waals surface area contributed by atoms with Crippen LogP contribution in [0.4, 0.5) is 4.39 Å². The predicted molar refractivity (Wildman–Crippen MR) is 68.5 cm³/mol. The van der Waals surface area contributed by atoms with Gasteiger partial charge >= 0.3 is 0 Å². The first-order valence-corrected chi connectivity index (χ1v) is 6.65. The van der Waals surface area contributed by atoms with Gasteiger partial charge in [0.2, 0.25) is 0 Å². The summed E-state index contributed by atoms with van der Waals surface area (Å²) < 4.78 is 19.2. The van der Waals surface area contributed by atoms with Crippen molar-refractivity contribution >= 4 is 6.29 Å². The van der Waals surface area contributed by atoms with Crippen LogP contribution in [0.1, 0.15) is 49.4 Å². The number of carbonyl (C=O) groups is 1. The van der Waals surface area contributed by atoms with Crippen LogP contribution < -0.4 is 4.74 Å². The normalized spacial score (nSPS) is 23.7. The van der Waals surface area contributed by atoms with Crippen LogP contribution in [-0.2, 0) is 0 Å². The molecule has 2 unspecified atom stereocenters. The van der Waals surface area contributed by atoms with Crippen molar-refractivity contribution in [1.82, 2.24) is 0 Å². The molecule has 1 fully saturated rings. The molecule has 0 N–H and O–H groups in total. The van der Waals surface area contributed by atoms with Gasteiger partial charge in [-0.15, -0.1) is 0 Å². The van der Waals surface area contributed by atoms with E-state index < -0.39 is 5.82 Å². The first-order chi connectivity index (χ1) is 8.72. The molecular weight excluding hydrogens is 231 g/mol. The van der Waals surface area contributed by atoms with E-state index in [1.807, 2.05) is 0 Å². The summed E-state index contributed by atoms with van der Waals surface area (Å²) >= 11 is 0. The van der Waals surface area contributed by atoms with E-state index in [9.17, 15) is 9.18 Å². The molecule has 0 aromatic heterocycles. The highest BCUT2D eigenvalue weighted by Crippen LogP contribution is 2.30. The Kier molecular flexibility index (Phi) is 4.34. The van der Waals surface area contributed by atoms with Crippen molar-refractivity contribution < 1.29 is 13.9 Å². The van der Waals surface area contributed by atoms with Crippen LogP contribution >= 0.6 is 0 Å². The SMILES string of the molecule is CCC1CCCCC1Oc1cc(F)cc(C=O)c1. The molecule has 1 aliphatic rings. The van der Waals surface area contributed by atoms with Crippen molar-refractivity contribution in [3.8, 4) is 5.75 Å². The fraction of sp³-hybridized carbons (Fsp3) is 0.533. The molecule has 1 saturated carbocycles. The van der Waals surface area contributed by atoms with Gasteiger partial charge in [-0.3, -0.25) is 4.79 Å². The molecule has 0 aliphatic heterocycles. The molecule has 2 atom stereocenters. The standard InChI is InChI=1S/C15H19FO2/c1-2-12-5-3-4-6-15(12)18-14-8-11(10-17)7-13(16)9-14/h7-10,12,15H,2-6H2,1H3. The molecule has 2 rings (SSSR count). The summed E-state index contributed by atoms with van der Waals surface area (Å²) in [5.74, 6) is 0.600. The predicted octanol–water partition coefficient (Wildman–Crippen LogP) is 3.99. The number of ether oxygens (including phenoxy) is 1. The largest absolute Gasteiger partial charge is 0.490 e. The number of halogens is 1. The van der Waals surface area contributed by atoms with E-state index in [0.29, 0.717) is 23.5 Å². The second-order valence-electron chi connectivity index (χ2n) is 4.95. The highest BCUT2D eigenvalue weighted by atomic mass is 19.1. The van der Waals surface area contributed by atoms with Crippen LogP contribution in [0.15, 0.2) is 18.2 Å². The van der Waals surface area contributed by atoms with Gasteiger partial charge in [0.1, 0.15) is 24.0 Å². The summed E-state index contributed by atoms with van der Waals surface area (Å²) in [6.07, 6.45) is 6.50. The summed E-state index contributed by atoms with van der Waals surface area (Å²) in [7, 11) is 0. The van der Waals surface area contributed by atoms with Crippen LogP contribution in [0.5, 0.6) is 5.75 Å². The van der Waals surface area contributed by atoms with Gasteiger partial charge in [-0.25, -0.2) is 4.39 Å². The lowest BCUT2D eigenvalue weighted by molar-refractivity contribution is 0.0898. The minimum Gasteiger partial charge on any atom is -0.490 e. The van der Waals surface area contributed by atoms with E-state index in [4.69, 9.17) is 4.74 Å². The molecular formula is C15H19FO2. The fourth-order valence-electron chi connectivity index (χ4n) is 2.69. The maximum absolute atomic E-state index is 13.3. The van der Waals surface area contributed by atoms with Crippen LogP contribution in [0, 0.1) is 11.7 Å². The number of hydrogen-bond donors (Lipinski definition) is 0. The quantitative estimate of drug-likeness (QED) is 0.755. The van der Waals surface area contributed by atoms with Gasteiger partial charge < -0.3 is 4.74 Å². The van der Waals surface area contributed by atoms with Crippen LogP contribution in [0.3, 0.4) is 0 Å². The molecule has 1 aliphatic carbocycles. The van der Waals surface area contributed by atoms with Gasteiger partial charge in [-0.1, -0.05) is 13.3 Å². The topological polar surface area (TPSA) is 26.3 Å². The Morgan fingerprint density at radius 3 is 2.83 bits per heavy atom. The molecule has 0 spiro atoms. The highest BCUT2D eigenvalue weighted by Gasteiger charge is 2.25. The minimum atomic E-state index is -0.418. The van der Waals surface area contributed by atoms with Crippen molar-refractivity contribution in [2.75, 3.05) is 0 Å². The summed E-state index contributed by atoms with van der Waals surface area (Å²) in [5, 5.41) is 0. The third kappa shape index (κ3) is 3.09. The van der Waals surface area contributed by atoms with Crippen molar-refractivity contribution in [3.63, 3.8) is 0 Å². The Bertz CT molecular complexity index is 417. The van der Waals surface area contributed by atoms with E-state index in [2.05, 4.69) is 6.92 Å². The van der Waals surface area contributed by atoms with Gasteiger partial charge in [-0.2, -0.15) is 0 Å². The zero-order valence-corrected chi connectivity index (χ0v) is 10.7. The molecule has 98 valence electrons. The Hall–Kier alpha value is -1.38. The van der Waals surface area contributed by atoms with Crippen LogP contribution in [0.25, 0.3) is 0 Å². The fourth-order valence-corrected chi connectivity index (χ4v) is 2.69. The molecule has 0 bridgehead atoms. The second-order valence-corrected chi connectivity index (χ2v) is 4.95. The zero-order valence-electron chi connectivity index (χ0n) is 10.7. The molecule has 0 amide bonds. The van der Waals surface area contributed by atoms with E-state index in [1.54, 1.807) is 6.07 Å². The highest BCUT2D eigenvalue weighted by molar-refractivity contribution is 5.75. The number of hydrogen-bond acceptors (Lipinski definition) is 2. The lowest BCUT2D eigenvalue weighted by atomic mass is 9.85. The average Bonchev–Trinajstić information content (AvgIpc) is 2.38. The summed E-state index contributed by atoms with van der Waals surface area (Å²) in [5.41, 5.74) is 0.328. The van der Waals surface area contributed by atoms with E-state index in [0.717, 1.165) is 19.3 Å². The van der Waals surface area contributed by atoms with E-state index in [-0.39, 0.29) is 6.10 Å². The first kappa shape index (κ1) is 13.1. The number of aldehydes is 1. The monoisotopic (exact) mass is 250 g/mol. The summed E-state index contributed by atoms with van der Waals surface area (Å²) in [4.78, 5) is 10.7. The molecule has 1 aromatic carbocycles. The van der Waals surface area contributed by atoms with Gasteiger partial charge in [0, 0.05) is 11.6 Å². The average molecular weight is 250 g/mol. The Morgan fingerprint density at radius 2 is 2.11 bits per heavy atom.